The Labute approximate surface area is 288 Å². The Morgan fingerprint density at radius 2 is 1.68 bits per heavy atom. The number of fused-ring (bicyclic) bond motifs is 2. The van der Waals surface area contributed by atoms with Crippen LogP contribution in [0.25, 0.3) is 10.9 Å². The van der Waals surface area contributed by atoms with Crippen molar-refractivity contribution in [3.05, 3.63) is 95.2 Å². The van der Waals surface area contributed by atoms with E-state index >= 15 is 0 Å². The van der Waals surface area contributed by atoms with Crippen LogP contribution in [-0.2, 0) is 32.0 Å². The summed E-state index contributed by atoms with van der Waals surface area (Å²) in [5.74, 6) is -2.46. The van der Waals surface area contributed by atoms with E-state index in [9.17, 15) is 29.1 Å². The van der Waals surface area contributed by atoms with Gasteiger partial charge in [-0.25, -0.2) is 9.97 Å². The largest absolute Gasteiger partial charge is 0.391 e. The second-order valence-electron chi connectivity index (χ2n) is 12.8. The lowest BCUT2D eigenvalue weighted by Gasteiger charge is -2.30. The first-order valence-corrected chi connectivity index (χ1v) is 16.6. The lowest BCUT2D eigenvalue weighted by Crippen LogP contribution is -2.57. The van der Waals surface area contributed by atoms with Crippen LogP contribution < -0.4 is 16.0 Å². The van der Waals surface area contributed by atoms with Crippen LogP contribution in [0.2, 0.25) is 0 Å². The van der Waals surface area contributed by atoms with Crippen molar-refractivity contribution < 1.29 is 29.1 Å². The number of hydrogen-bond donors (Lipinski definition) is 5. The minimum Gasteiger partial charge on any atom is -0.391 e. The van der Waals surface area contributed by atoms with Gasteiger partial charge in [0.1, 0.15) is 29.6 Å². The van der Waals surface area contributed by atoms with Gasteiger partial charge in [0, 0.05) is 61.7 Å². The molecule has 2 aromatic carbocycles. The van der Waals surface area contributed by atoms with Crippen molar-refractivity contribution in [3.8, 4) is 0 Å². The van der Waals surface area contributed by atoms with Crippen molar-refractivity contribution in [1.29, 1.82) is 0 Å². The molecule has 2 saturated heterocycles. The fourth-order valence-corrected chi connectivity index (χ4v) is 6.65. The third-order valence-corrected chi connectivity index (χ3v) is 9.00. The van der Waals surface area contributed by atoms with E-state index in [1.165, 1.54) is 15.9 Å². The molecule has 2 aromatic heterocycles. The van der Waals surface area contributed by atoms with Crippen molar-refractivity contribution in [2.45, 2.75) is 57.3 Å². The smallest absolute Gasteiger partial charge is 0.273 e. The normalized spacial score (nSPS) is 22.3. The third kappa shape index (κ3) is 7.81. The van der Waals surface area contributed by atoms with Crippen molar-refractivity contribution in [1.82, 2.24) is 40.7 Å². The summed E-state index contributed by atoms with van der Waals surface area (Å²) in [5.41, 5.74) is 3.06. The fraction of sp³-hybridized carbons (Fsp3) is 0.361. The Morgan fingerprint density at radius 3 is 2.46 bits per heavy atom. The number of rotatable bonds is 5. The summed E-state index contributed by atoms with van der Waals surface area (Å²) in [4.78, 5) is 83.6. The third-order valence-electron chi connectivity index (χ3n) is 9.00. The number of benzene rings is 2. The molecule has 0 radical (unpaired) electrons. The van der Waals surface area contributed by atoms with Crippen molar-refractivity contribution in [2.24, 2.45) is 0 Å². The van der Waals surface area contributed by atoms with E-state index < -0.39 is 60.3 Å². The summed E-state index contributed by atoms with van der Waals surface area (Å²) in [6.45, 7) is 2.72. The number of aromatic amines is 1. The van der Waals surface area contributed by atoms with E-state index in [1.807, 2.05) is 54.6 Å². The number of carbonyl (C=O) groups is 5. The number of para-hydroxylation sites is 1. The number of aryl methyl sites for hydroxylation is 2. The number of carbonyl (C=O) groups excluding carboxylic acids is 5. The van der Waals surface area contributed by atoms with Crippen LogP contribution in [0, 0.1) is 13.8 Å². The zero-order chi connectivity index (χ0) is 35.4. The van der Waals surface area contributed by atoms with Gasteiger partial charge >= 0.3 is 0 Å². The Kier molecular flexibility index (Phi) is 10.2. The quantitative estimate of drug-likeness (QED) is 0.202. The summed E-state index contributed by atoms with van der Waals surface area (Å²) in [7, 11) is 0. The number of aliphatic hydroxyl groups is 1. The topological polar surface area (TPSA) is 190 Å². The van der Waals surface area contributed by atoms with Crippen LogP contribution in [0.4, 0.5) is 0 Å². The van der Waals surface area contributed by atoms with Crippen LogP contribution in [0.1, 0.15) is 39.6 Å². The monoisotopic (exact) mass is 680 g/mol. The fourth-order valence-electron chi connectivity index (χ4n) is 6.65. The zero-order valence-electron chi connectivity index (χ0n) is 27.9. The minimum atomic E-state index is -1.15. The molecule has 14 nitrogen and oxygen atoms in total. The molecule has 5 N–H and O–H groups in total. The van der Waals surface area contributed by atoms with Gasteiger partial charge in [-0.2, -0.15) is 0 Å². The molecule has 0 saturated carbocycles. The van der Waals surface area contributed by atoms with E-state index in [1.54, 1.807) is 20.0 Å². The molecule has 2 aliphatic rings. The average molecular weight is 681 g/mol. The highest BCUT2D eigenvalue weighted by molar-refractivity contribution is 5.98. The maximum absolute atomic E-state index is 14.3. The molecule has 0 unspecified atom stereocenters. The maximum Gasteiger partial charge on any atom is 0.273 e. The van der Waals surface area contributed by atoms with Gasteiger partial charge in [0.15, 0.2) is 0 Å². The Morgan fingerprint density at radius 1 is 0.920 bits per heavy atom. The van der Waals surface area contributed by atoms with Gasteiger partial charge in [0.25, 0.3) is 5.91 Å². The van der Waals surface area contributed by atoms with Crippen molar-refractivity contribution in [3.63, 3.8) is 0 Å². The van der Waals surface area contributed by atoms with Crippen LogP contribution in [-0.4, -0.2) is 110 Å². The highest BCUT2D eigenvalue weighted by atomic mass is 16.3. The standard InChI is InChI=1S/C36H40N8O6/c1-21-14-29(40-22(2)39-21)35(49)43-13-12-37-33(47)28(15-23-8-4-3-5-9-23)42-34(48)31-17-25(45)19-44(31)36(50)30(41-32(46)20-43)16-24-18-38-27-11-7-6-10-26(24)27/h3-11,14,18,25,28,30-31,38,45H,12-13,15-17,19-20H2,1-2H3,(H,37,47)(H,41,46)(H,42,48)/t25-,28+,30-,31+/m1/s1. The number of nitrogens with zero attached hydrogens (tertiary/aromatic N) is 4. The number of nitrogens with one attached hydrogen (secondary N) is 4. The number of aromatic nitrogens is 3. The molecule has 0 spiro atoms. The second kappa shape index (κ2) is 14.9. The molecule has 0 aliphatic carbocycles. The molecule has 5 amide bonds. The molecule has 4 heterocycles. The molecule has 4 aromatic rings. The minimum absolute atomic E-state index is 0.0337. The van der Waals surface area contributed by atoms with E-state index in [4.69, 9.17) is 0 Å². The summed E-state index contributed by atoms with van der Waals surface area (Å²) in [5, 5.41) is 20.0. The van der Waals surface area contributed by atoms with Crippen LogP contribution in [0.15, 0.2) is 66.9 Å². The van der Waals surface area contributed by atoms with Gasteiger partial charge in [0.05, 0.1) is 12.6 Å². The Balaban J connectivity index is 1.35. The lowest BCUT2D eigenvalue weighted by atomic mass is 10.0. The number of aliphatic hydroxyl groups excluding tert-OH is 1. The Hall–Kier alpha value is -5.63. The number of amides is 5. The van der Waals surface area contributed by atoms with Gasteiger partial charge in [-0.1, -0.05) is 48.5 Å². The molecular weight excluding hydrogens is 640 g/mol. The van der Waals surface area contributed by atoms with Crippen LogP contribution in [0.5, 0.6) is 0 Å². The lowest BCUT2D eigenvalue weighted by molar-refractivity contribution is -0.142. The average Bonchev–Trinajstić information content (AvgIpc) is 3.69. The highest BCUT2D eigenvalue weighted by Crippen LogP contribution is 2.24. The first-order valence-electron chi connectivity index (χ1n) is 16.6. The molecule has 260 valence electrons. The van der Waals surface area contributed by atoms with Crippen molar-refractivity contribution >= 4 is 40.4 Å². The first kappa shape index (κ1) is 34.2. The van der Waals surface area contributed by atoms with E-state index in [2.05, 4.69) is 30.9 Å². The SMILES string of the molecule is Cc1cc(C(=O)N2CCNC(=O)[C@H](Cc3ccccc3)NC(=O)[C@@H]3C[C@@H](O)CN3C(=O)[C@@H](Cc3c[nH]c4ccccc34)NC(=O)C2)nc(C)n1. The molecule has 14 heteroatoms. The van der Waals surface area contributed by atoms with Gasteiger partial charge in [0.2, 0.25) is 23.6 Å². The van der Waals surface area contributed by atoms with Gasteiger partial charge in [-0.3, -0.25) is 24.0 Å². The van der Waals surface area contributed by atoms with Gasteiger partial charge < -0.3 is 35.8 Å². The number of H-pyrrole nitrogens is 1. The molecule has 2 fully saturated rings. The first-order chi connectivity index (χ1) is 24.0. The Bertz CT molecular complexity index is 1890. The molecule has 6 rings (SSSR count). The van der Waals surface area contributed by atoms with Crippen LogP contribution >= 0.6 is 0 Å². The molecule has 4 atom stereocenters. The predicted octanol–water partition coefficient (Wildman–Crippen LogP) is 0.564. The summed E-state index contributed by atoms with van der Waals surface area (Å²) in [6.07, 6.45) is 0.971. The maximum atomic E-state index is 14.3. The van der Waals surface area contributed by atoms with Gasteiger partial charge in [-0.15, -0.1) is 0 Å². The highest BCUT2D eigenvalue weighted by Gasteiger charge is 2.43. The molecular formula is C36H40N8O6. The summed E-state index contributed by atoms with van der Waals surface area (Å²) >= 11 is 0. The van der Waals surface area contributed by atoms with Crippen molar-refractivity contribution in [2.75, 3.05) is 26.2 Å². The number of hydrogen-bond acceptors (Lipinski definition) is 8. The molecule has 2 aliphatic heterocycles. The van der Waals surface area contributed by atoms with E-state index in [0.717, 1.165) is 22.0 Å². The predicted molar refractivity (Wildman–Crippen MR) is 183 cm³/mol. The molecule has 0 bridgehead atoms. The van der Waals surface area contributed by atoms with E-state index in [-0.39, 0.29) is 44.6 Å². The zero-order valence-corrected chi connectivity index (χ0v) is 27.9. The summed E-state index contributed by atoms with van der Waals surface area (Å²) < 4.78 is 0. The molecule has 50 heavy (non-hydrogen) atoms. The van der Waals surface area contributed by atoms with E-state index in [0.29, 0.717) is 11.5 Å². The van der Waals surface area contributed by atoms with Gasteiger partial charge in [-0.05, 0) is 37.1 Å². The van der Waals surface area contributed by atoms with Crippen LogP contribution in [0.3, 0.4) is 0 Å². The second-order valence-corrected chi connectivity index (χ2v) is 12.8. The summed E-state index contributed by atoms with van der Waals surface area (Å²) in [6, 6.07) is 15.0.